The third-order valence-corrected chi connectivity index (χ3v) is 6.41. The van der Waals surface area contributed by atoms with Crippen LogP contribution in [0.1, 0.15) is 18.9 Å². The van der Waals surface area contributed by atoms with Gasteiger partial charge in [0.1, 0.15) is 5.75 Å². The zero-order valence-corrected chi connectivity index (χ0v) is 20.6. The van der Waals surface area contributed by atoms with Gasteiger partial charge in [-0.25, -0.2) is 0 Å². The Balaban J connectivity index is 1.64. The van der Waals surface area contributed by atoms with Crippen LogP contribution >= 0.6 is 24.0 Å². The van der Waals surface area contributed by atoms with Gasteiger partial charge < -0.3 is 20.7 Å². The van der Waals surface area contributed by atoms with Crippen LogP contribution in [0.25, 0.3) is 0 Å². The van der Waals surface area contributed by atoms with Gasteiger partial charge >= 0.3 is 6.18 Å². The van der Waals surface area contributed by atoms with Crippen molar-refractivity contribution in [1.82, 2.24) is 0 Å². The first kappa shape index (κ1) is 26.4. The number of nitrogens with one attached hydrogen (secondary N) is 3. The lowest BCUT2D eigenvalue weighted by Crippen LogP contribution is -2.24. The summed E-state index contributed by atoms with van der Waals surface area (Å²) in [6.07, 6.45) is -3.99. The minimum Gasteiger partial charge on any atom is -0.495 e. The number of methoxy groups -OCH3 is 1. The van der Waals surface area contributed by atoms with Gasteiger partial charge in [-0.2, -0.15) is 13.2 Å². The summed E-state index contributed by atoms with van der Waals surface area (Å²) in [5.74, 6) is 0.280. The van der Waals surface area contributed by atoms with Crippen LogP contribution in [0.3, 0.4) is 0 Å². The summed E-state index contributed by atoms with van der Waals surface area (Å²) >= 11 is 6.72. The number of hydrogen-bond acceptors (Lipinski definition) is 4. The molecule has 0 heterocycles. The molecular weight excluding hydrogens is 495 g/mol. The van der Waals surface area contributed by atoms with Gasteiger partial charge in [0.15, 0.2) is 5.11 Å². The lowest BCUT2D eigenvalue weighted by atomic mass is 10.2. The fourth-order valence-electron chi connectivity index (χ4n) is 3.16. The fraction of sp³-hybridized carbons (Fsp3) is 0.200. The zero-order valence-electron chi connectivity index (χ0n) is 19.0. The van der Waals surface area contributed by atoms with Crippen LogP contribution in [-0.4, -0.2) is 23.4 Å². The van der Waals surface area contributed by atoms with Crippen molar-refractivity contribution in [1.29, 1.82) is 0 Å². The molecule has 0 aliphatic carbocycles. The number of hydrogen-bond donors (Lipinski definition) is 3. The lowest BCUT2D eigenvalue weighted by molar-refractivity contribution is -0.137. The molecular formula is C25H24F3N3O2S2. The Morgan fingerprint density at radius 2 is 1.66 bits per heavy atom. The van der Waals surface area contributed by atoms with Crippen molar-refractivity contribution in [2.45, 2.75) is 29.7 Å². The molecule has 35 heavy (non-hydrogen) atoms. The van der Waals surface area contributed by atoms with Crippen LogP contribution in [0.15, 0.2) is 77.7 Å². The topological polar surface area (TPSA) is 62.4 Å². The Morgan fingerprint density at radius 3 is 2.34 bits per heavy atom. The largest absolute Gasteiger partial charge is 0.495 e. The molecule has 0 aliphatic rings. The molecule has 0 saturated heterocycles. The molecule has 5 nitrogen and oxygen atoms in total. The molecule has 0 bridgehead atoms. The van der Waals surface area contributed by atoms with Gasteiger partial charge in [0.05, 0.1) is 23.6 Å². The number of anilines is 3. The van der Waals surface area contributed by atoms with Crippen molar-refractivity contribution in [2.24, 2.45) is 0 Å². The number of para-hydroxylation sites is 2. The Labute approximate surface area is 211 Å². The number of thioether (sulfide) groups is 1. The predicted molar refractivity (Wildman–Crippen MR) is 139 cm³/mol. The summed E-state index contributed by atoms with van der Waals surface area (Å²) in [6, 6.07) is 19.3. The Kier molecular flexibility index (Phi) is 9.00. The number of alkyl halides is 3. The van der Waals surface area contributed by atoms with Gasteiger partial charge in [-0.3, -0.25) is 4.79 Å². The van der Waals surface area contributed by atoms with Crippen LogP contribution in [0.2, 0.25) is 0 Å². The molecule has 0 fully saturated rings. The molecule has 10 heteroatoms. The molecule has 0 aliphatic heterocycles. The van der Waals surface area contributed by atoms with E-state index in [1.807, 2.05) is 55.5 Å². The van der Waals surface area contributed by atoms with Crippen LogP contribution in [-0.2, 0) is 11.0 Å². The number of halogens is 3. The summed E-state index contributed by atoms with van der Waals surface area (Å²) in [4.78, 5) is 13.6. The first-order valence-corrected chi connectivity index (χ1v) is 11.9. The van der Waals surface area contributed by atoms with Gasteiger partial charge in [-0.05, 0) is 67.2 Å². The first-order valence-electron chi connectivity index (χ1n) is 10.7. The van der Waals surface area contributed by atoms with E-state index in [2.05, 4.69) is 16.0 Å². The summed E-state index contributed by atoms with van der Waals surface area (Å²) in [5.41, 5.74) is 0.727. The molecule has 0 radical (unpaired) electrons. The van der Waals surface area contributed by atoms with Crippen LogP contribution in [0, 0.1) is 0 Å². The summed E-state index contributed by atoms with van der Waals surface area (Å²) in [7, 11) is 1.57. The summed E-state index contributed by atoms with van der Waals surface area (Å²) < 4.78 is 44.2. The lowest BCUT2D eigenvalue weighted by Gasteiger charge is -2.17. The van der Waals surface area contributed by atoms with E-state index in [0.29, 0.717) is 17.3 Å². The van der Waals surface area contributed by atoms with Crippen molar-refractivity contribution in [3.8, 4) is 5.75 Å². The Morgan fingerprint density at radius 1 is 0.971 bits per heavy atom. The van der Waals surface area contributed by atoms with Crippen molar-refractivity contribution >= 4 is 52.1 Å². The van der Waals surface area contributed by atoms with E-state index in [1.165, 1.54) is 23.9 Å². The van der Waals surface area contributed by atoms with Crippen LogP contribution < -0.4 is 20.7 Å². The summed E-state index contributed by atoms with van der Waals surface area (Å²) in [6.45, 7) is 1.85. The molecule has 184 valence electrons. The maximum atomic E-state index is 13.0. The molecule has 3 rings (SSSR count). The van der Waals surface area contributed by atoms with E-state index in [-0.39, 0.29) is 11.6 Å². The smallest absolute Gasteiger partial charge is 0.416 e. The van der Waals surface area contributed by atoms with Gasteiger partial charge in [0.2, 0.25) is 5.91 Å². The number of rotatable bonds is 8. The molecule has 1 atom stereocenters. The second kappa shape index (κ2) is 11.9. The van der Waals surface area contributed by atoms with E-state index in [4.69, 9.17) is 17.0 Å². The van der Waals surface area contributed by atoms with E-state index < -0.39 is 17.0 Å². The predicted octanol–water partition coefficient (Wildman–Crippen LogP) is 7.03. The minimum atomic E-state index is -4.48. The third kappa shape index (κ3) is 7.63. The number of carbonyl (C=O) groups is 1. The second-order valence-electron chi connectivity index (χ2n) is 7.39. The van der Waals surface area contributed by atoms with E-state index in [9.17, 15) is 18.0 Å². The Hall–Kier alpha value is -3.24. The van der Waals surface area contributed by atoms with Gasteiger partial charge in [-0.1, -0.05) is 31.2 Å². The highest BCUT2D eigenvalue weighted by atomic mass is 32.2. The van der Waals surface area contributed by atoms with E-state index >= 15 is 0 Å². The minimum absolute atomic E-state index is 0.104. The number of ether oxygens (including phenoxy) is 1. The molecule has 0 saturated carbocycles. The molecule has 0 aromatic heterocycles. The second-order valence-corrected chi connectivity index (χ2v) is 9.07. The first-order chi connectivity index (χ1) is 16.7. The number of amides is 1. The van der Waals surface area contributed by atoms with Crippen molar-refractivity contribution in [3.05, 3.63) is 78.4 Å². The fourth-order valence-corrected chi connectivity index (χ4v) is 4.40. The molecule has 1 unspecified atom stereocenters. The molecule has 0 spiro atoms. The monoisotopic (exact) mass is 519 g/mol. The highest BCUT2D eigenvalue weighted by Gasteiger charge is 2.30. The zero-order chi connectivity index (χ0) is 25.4. The maximum absolute atomic E-state index is 13.0. The summed E-state index contributed by atoms with van der Waals surface area (Å²) in [5, 5.41) is 8.65. The van der Waals surface area contributed by atoms with Gasteiger partial charge in [0.25, 0.3) is 0 Å². The van der Waals surface area contributed by atoms with E-state index in [0.717, 1.165) is 28.4 Å². The number of benzene rings is 3. The number of carbonyl (C=O) groups excluding carboxylic acids is 1. The highest BCUT2D eigenvalue weighted by molar-refractivity contribution is 8.00. The van der Waals surface area contributed by atoms with Gasteiger partial charge in [0, 0.05) is 16.3 Å². The molecule has 3 aromatic carbocycles. The van der Waals surface area contributed by atoms with Crippen molar-refractivity contribution < 1.29 is 22.7 Å². The normalized spacial score (nSPS) is 11.9. The van der Waals surface area contributed by atoms with Gasteiger partial charge in [-0.15, -0.1) is 11.8 Å². The molecule has 1 amide bonds. The Bertz CT molecular complexity index is 1190. The van der Waals surface area contributed by atoms with Crippen LogP contribution in [0.4, 0.5) is 30.2 Å². The molecule has 3 aromatic rings. The third-order valence-electron chi connectivity index (χ3n) is 4.85. The maximum Gasteiger partial charge on any atom is 0.416 e. The average molecular weight is 520 g/mol. The highest BCUT2D eigenvalue weighted by Crippen LogP contribution is 2.32. The standard InChI is InChI=1S/C25H24F3N3O2S2/c1-3-22(23(32)29-17-9-6-8-16(14-17)25(26,27)28)35-19-11-7-10-18(15-19)30-24(34)31-20-12-4-5-13-21(20)33-2/h4-15,22H,3H2,1-2H3,(H,29,32)(H2,30,31,34). The average Bonchev–Trinajstić information content (AvgIpc) is 2.82. The SMILES string of the molecule is CCC(Sc1cccc(NC(=S)Nc2ccccc2OC)c1)C(=O)Nc1cccc(C(F)(F)F)c1. The number of thiocarbonyl (C=S) groups is 1. The molecule has 3 N–H and O–H groups in total. The quantitative estimate of drug-likeness (QED) is 0.219. The van der Waals surface area contributed by atoms with Crippen molar-refractivity contribution in [2.75, 3.05) is 23.1 Å². The van der Waals surface area contributed by atoms with E-state index in [1.54, 1.807) is 7.11 Å². The van der Waals surface area contributed by atoms with Crippen molar-refractivity contribution in [3.63, 3.8) is 0 Å². The van der Waals surface area contributed by atoms with Crippen LogP contribution in [0.5, 0.6) is 5.75 Å².